The minimum atomic E-state index is 0.617. The summed E-state index contributed by atoms with van der Waals surface area (Å²) in [6.07, 6.45) is 1.15. The smallest absolute Gasteiger partial charge is 0.223 e. The molecule has 5 heteroatoms. The first-order chi connectivity index (χ1) is 6.84. The Morgan fingerprint density at radius 1 is 1.57 bits per heavy atom. The van der Waals surface area contributed by atoms with E-state index in [0.717, 1.165) is 32.0 Å². The zero-order valence-corrected chi connectivity index (χ0v) is 8.32. The van der Waals surface area contributed by atoms with Gasteiger partial charge < -0.3 is 14.6 Å². The van der Waals surface area contributed by atoms with Gasteiger partial charge in [0.25, 0.3) is 0 Å². The highest BCUT2D eigenvalue weighted by molar-refractivity contribution is 4.83. The standard InChI is InChI=1S/C9H15N3O2/c1-7-11-9(12-14-7)5-10-4-8-2-3-13-6-8/h8,10H,2-6H2,1H3. The van der Waals surface area contributed by atoms with E-state index >= 15 is 0 Å². The fraction of sp³-hybridized carbons (Fsp3) is 0.778. The van der Waals surface area contributed by atoms with E-state index in [-0.39, 0.29) is 0 Å². The summed E-state index contributed by atoms with van der Waals surface area (Å²) in [5.74, 6) is 1.98. The van der Waals surface area contributed by atoms with Gasteiger partial charge in [-0.05, 0) is 12.3 Å². The summed E-state index contributed by atoms with van der Waals surface area (Å²) in [4.78, 5) is 4.10. The molecule has 78 valence electrons. The molecule has 2 heterocycles. The van der Waals surface area contributed by atoms with Gasteiger partial charge in [0, 0.05) is 20.1 Å². The molecule has 1 aromatic rings. The summed E-state index contributed by atoms with van der Waals surface area (Å²) in [7, 11) is 0. The molecule has 1 aromatic heterocycles. The fourth-order valence-corrected chi connectivity index (χ4v) is 1.55. The molecule has 0 bridgehead atoms. The van der Waals surface area contributed by atoms with E-state index in [1.54, 1.807) is 6.92 Å². The first kappa shape index (κ1) is 9.61. The van der Waals surface area contributed by atoms with Crippen LogP contribution >= 0.6 is 0 Å². The lowest BCUT2D eigenvalue weighted by Crippen LogP contribution is -2.23. The molecule has 0 aromatic carbocycles. The Bertz CT molecular complexity index is 281. The third-order valence-corrected chi connectivity index (χ3v) is 2.31. The third kappa shape index (κ3) is 2.52. The van der Waals surface area contributed by atoms with E-state index < -0.39 is 0 Å². The molecule has 1 atom stereocenters. The number of hydrogen-bond donors (Lipinski definition) is 1. The first-order valence-electron chi connectivity index (χ1n) is 4.92. The molecule has 0 amide bonds. The molecular weight excluding hydrogens is 182 g/mol. The summed E-state index contributed by atoms with van der Waals surface area (Å²) in [5.41, 5.74) is 0. The molecule has 14 heavy (non-hydrogen) atoms. The number of aromatic nitrogens is 2. The highest BCUT2D eigenvalue weighted by atomic mass is 16.5. The van der Waals surface area contributed by atoms with Crippen LogP contribution in [-0.4, -0.2) is 29.9 Å². The van der Waals surface area contributed by atoms with Crippen molar-refractivity contribution in [2.45, 2.75) is 19.9 Å². The van der Waals surface area contributed by atoms with Crippen molar-refractivity contribution in [1.29, 1.82) is 0 Å². The predicted octanol–water partition coefficient (Wildman–Crippen LogP) is 0.504. The number of aryl methyl sites for hydroxylation is 1. The van der Waals surface area contributed by atoms with Gasteiger partial charge in [0.1, 0.15) is 0 Å². The van der Waals surface area contributed by atoms with E-state index in [1.807, 2.05) is 0 Å². The van der Waals surface area contributed by atoms with Gasteiger partial charge in [-0.25, -0.2) is 0 Å². The maximum Gasteiger partial charge on any atom is 0.223 e. The van der Waals surface area contributed by atoms with E-state index in [9.17, 15) is 0 Å². The highest BCUT2D eigenvalue weighted by Crippen LogP contribution is 2.10. The summed E-state index contributed by atoms with van der Waals surface area (Å²) < 4.78 is 10.1. The molecule has 0 spiro atoms. The van der Waals surface area contributed by atoms with Crippen LogP contribution in [0.25, 0.3) is 0 Å². The van der Waals surface area contributed by atoms with Gasteiger partial charge in [-0.2, -0.15) is 4.98 Å². The van der Waals surface area contributed by atoms with Crippen LogP contribution in [0.15, 0.2) is 4.52 Å². The van der Waals surface area contributed by atoms with Gasteiger partial charge in [-0.1, -0.05) is 5.16 Å². The van der Waals surface area contributed by atoms with Crippen molar-refractivity contribution < 1.29 is 9.26 Å². The van der Waals surface area contributed by atoms with Gasteiger partial charge in [0.15, 0.2) is 5.82 Å². The van der Waals surface area contributed by atoms with Crippen LogP contribution in [0.5, 0.6) is 0 Å². The van der Waals surface area contributed by atoms with Crippen molar-refractivity contribution in [3.8, 4) is 0 Å². The number of nitrogens with zero attached hydrogens (tertiary/aromatic N) is 2. The minimum absolute atomic E-state index is 0.617. The number of hydrogen-bond acceptors (Lipinski definition) is 5. The van der Waals surface area contributed by atoms with Crippen molar-refractivity contribution in [1.82, 2.24) is 15.5 Å². The Morgan fingerprint density at radius 2 is 2.50 bits per heavy atom. The molecule has 1 fully saturated rings. The normalized spacial score (nSPS) is 21.6. The highest BCUT2D eigenvalue weighted by Gasteiger charge is 2.14. The Kier molecular flexibility index (Phi) is 3.10. The third-order valence-electron chi connectivity index (χ3n) is 2.31. The van der Waals surface area contributed by atoms with Gasteiger partial charge in [0.05, 0.1) is 13.2 Å². The summed E-state index contributed by atoms with van der Waals surface area (Å²) >= 11 is 0. The van der Waals surface area contributed by atoms with Gasteiger partial charge in [-0.15, -0.1) is 0 Å². The lowest BCUT2D eigenvalue weighted by Gasteiger charge is -2.06. The second kappa shape index (κ2) is 4.52. The fourth-order valence-electron chi connectivity index (χ4n) is 1.55. The SMILES string of the molecule is Cc1nc(CNCC2CCOC2)no1. The van der Waals surface area contributed by atoms with Crippen molar-refractivity contribution in [3.05, 3.63) is 11.7 Å². The summed E-state index contributed by atoms with van der Waals surface area (Å²) in [6, 6.07) is 0. The number of nitrogens with one attached hydrogen (secondary N) is 1. The van der Waals surface area contributed by atoms with Crippen LogP contribution in [0.4, 0.5) is 0 Å². The zero-order chi connectivity index (χ0) is 9.80. The van der Waals surface area contributed by atoms with Gasteiger partial charge in [0.2, 0.25) is 5.89 Å². The predicted molar refractivity (Wildman–Crippen MR) is 49.7 cm³/mol. The van der Waals surface area contributed by atoms with E-state index in [0.29, 0.717) is 18.4 Å². The Balaban J connectivity index is 1.67. The Labute approximate surface area is 82.8 Å². The average Bonchev–Trinajstić information content (AvgIpc) is 2.77. The van der Waals surface area contributed by atoms with Crippen LogP contribution in [0.2, 0.25) is 0 Å². The van der Waals surface area contributed by atoms with E-state index in [1.165, 1.54) is 0 Å². The molecule has 1 saturated heterocycles. The van der Waals surface area contributed by atoms with Crippen LogP contribution < -0.4 is 5.32 Å². The number of ether oxygens (including phenoxy) is 1. The largest absolute Gasteiger partial charge is 0.381 e. The van der Waals surface area contributed by atoms with Crippen molar-refractivity contribution in [2.75, 3.05) is 19.8 Å². The maximum absolute atomic E-state index is 5.27. The molecule has 2 rings (SSSR count). The second-order valence-corrected chi connectivity index (χ2v) is 3.59. The zero-order valence-electron chi connectivity index (χ0n) is 8.32. The molecule has 1 unspecified atom stereocenters. The van der Waals surface area contributed by atoms with Crippen LogP contribution in [0.1, 0.15) is 18.1 Å². The molecule has 1 N–H and O–H groups in total. The minimum Gasteiger partial charge on any atom is -0.381 e. The van der Waals surface area contributed by atoms with Crippen molar-refractivity contribution in [2.24, 2.45) is 5.92 Å². The Morgan fingerprint density at radius 3 is 3.14 bits per heavy atom. The number of rotatable bonds is 4. The van der Waals surface area contributed by atoms with E-state index in [4.69, 9.17) is 9.26 Å². The van der Waals surface area contributed by atoms with Crippen molar-refractivity contribution >= 4 is 0 Å². The topological polar surface area (TPSA) is 60.2 Å². The van der Waals surface area contributed by atoms with Crippen molar-refractivity contribution in [3.63, 3.8) is 0 Å². The van der Waals surface area contributed by atoms with Crippen LogP contribution in [0, 0.1) is 12.8 Å². The molecule has 0 radical (unpaired) electrons. The lowest BCUT2D eigenvalue weighted by atomic mass is 10.1. The molecule has 5 nitrogen and oxygen atoms in total. The monoisotopic (exact) mass is 197 g/mol. The van der Waals surface area contributed by atoms with Gasteiger partial charge >= 0.3 is 0 Å². The van der Waals surface area contributed by atoms with Gasteiger partial charge in [-0.3, -0.25) is 0 Å². The molecular formula is C9H15N3O2. The van der Waals surface area contributed by atoms with E-state index in [2.05, 4.69) is 15.5 Å². The molecule has 0 saturated carbocycles. The maximum atomic E-state index is 5.27. The molecule has 0 aliphatic carbocycles. The second-order valence-electron chi connectivity index (χ2n) is 3.59. The lowest BCUT2D eigenvalue weighted by molar-refractivity contribution is 0.185. The molecule has 1 aliphatic heterocycles. The first-order valence-corrected chi connectivity index (χ1v) is 4.92. The molecule has 1 aliphatic rings. The summed E-state index contributed by atoms with van der Waals surface area (Å²) in [5, 5.41) is 7.09. The Hall–Kier alpha value is -0.940. The van der Waals surface area contributed by atoms with Crippen LogP contribution in [0.3, 0.4) is 0 Å². The summed E-state index contributed by atoms with van der Waals surface area (Å²) in [6.45, 7) is 5.20. The average molecular weight is 197 g/mol. The van der Waals surface area contributed by atoms with Crippen LogP contribution in [-0.2, 0) is 11.3 Å². The quantitative estimate of drug-likeness (QED) is 0.761.